The molecule has 2 N–H and O–H groups in total. The standard InChI is InChI=1S/C17H19BrN4O3/c18-15-5-4-14(25-15)17(24)22-11-9-21(10-12-22)8-7-20-16(23)13-3-1-2-6-19-13/h1-6H,7-12H2,(H,20,23)/p+1. The first-order chi connectivity index (χ1) is 12.1. The molecule has 3 heterocycles. The van der Waals surface area contributed by atoms with E-state index in [1.165, 1.54) is 4.90 Å². The average molecular weight is 408 g/mol. The van der Waals surface area contributed by atoms with Gasteiger partial charge in [0.05, 0.1) is 39.3 Å². The molecule has 1 fully saturated rings. The number of pyridine rings is 1. The smallest absolute Gasteiger partial charge is 0.290 e. The predicted molar refractivity (Wildman–Crippen MR) is 94.4 cm³/mol. The minimum absolute atomic E-state index is 0.0757. The molecule has 2 aromatic heterocycles. The van der Waals surface area contributed by atoms with Crippen LogP contribution in [0, 0.1) is 0 Å². The molecule has 0 bridgehead atoms. The number of carbonyl (C=O) groups is 2. The molecule has 3 rings (SSSR count). The predicted octanol–water partition coefficient (Wildman–Crippen LogP) is 0.208. The first-order valence-corrected chi connectivity index (χ1v) is 9.00. The number of furan rings is 1. The van der Waals surface area contributed by atoms with Gasteiger partial charge < -0.3 is 19.5 Å². The molecule has 132 valence electrons. The minimum atomic E-state index is -0.155. The molecule has 1 aliphatic heterocycles. The third-order valence-corrected chi connectivity index (χ3v) is 4.63. The largest absolute Gasteiger partial charge is 0.444 e. The van der Waals surface area contributed by atoms with Gasteiger partial charge in [0.25, 0.3) is 11.8 Å². The van der Waals surface area contributed by atoms with Crippen molar-refractivity contribution in [1.82, 2.24) is 15.2 Å². The van der Waals surface area contributed by atoms with Gasteiger partial charge in [-0.2, -0.15) is 0 Å². The summed E-state index contributed by atoms with van der Waals surface area (Å²) in [5.41, 5.74) is 0.428. The molecule has 0 atom stereocenters. The third kappa shape index (κ3) is 4.67. The van der Waals surface area contributed by atoms with Crippen molar-refractivity contribution in [2.75, 3.05) is 39.3 Å². The summed E-state index contributed by atoms with van der Waals surface area (Å²) >= 11 is 3.21. The summed E-state index contributed by atoms with van der Waals surface area (Å²) in [5, 5.41) is 2.89. The van der Waals surface area contributed by atoms with Gasteiger partial charge in [-0.1, -0.05) is 6.07 Å². The van der Waals surface area contributed by atoms with Crippen molar-refractivity contribution in [3.8, 4) is 0 Å². The van der Waals surface area contributed by atoms with E-state index in [9.17, 15) is 9.59 Å². The highest BCUT2D eigenvalue weighted by Gasteiger charge is 2.26. The molecule has 2 amide bonds. The number of aromatic nitrogens is 1. The molecule has 0 saturated carbocycles. The van der Waals surface area contributed by atoms with Gasteiger partial charge in [0.2, 0.25) is 0 Å². The Kier molecular flexibility index (Phi) is 5.83. The highest BCUT2D eigenvalue weighted by molar-refractivity contribution is 9.10. The van der Waals surface area contributed by atoms with Crippen LogP contribution >= 0.6 is 15.9 Å². The van der Waals surface area contributed by atoms with Crippen molar-refractivity contribution in [3.63, 3.8) is 0 Å². The number of hydrogen-bond acceptors (Lipinski definition) is 4. The zero-order chi connectivity index (χ0) is 17.6. The Bertz CT molecular complexity index is 727. The van der Waals surface area contributed by atoms with Crippen LogP contribution in [0.4, 0.5) is 0 Å². The topological polar surface area (TPSA) is 79.9 Å². The number of nitrogens with one attached hydrogen (secondary N) is 2. The van der Waals surface area contributed by atoms with Crippen LogP contribution in [0.15, 0.2) is 45.6 Å². The molecule has 0 radical (unpaired) electrons. The molecule has 0 aromatic carbocycles. The summed E-state index contributed by atoms with van der Waals surface area (Å²) in [6, 6.07) is 8.67. The Morgan fingerprint density at radius 2 is 2.04 bits per heavy atom. The van der Waals surface area contributed by atoms with E-state index < -0.39 is 0 Å². The fourth-order valence-corrected chi connectivity index (χ4v) is 3.11. The van der Waals surface area contributed by atoms with Crippen LogP contribution in [-0.2, 0) is 0 Å². The second-order valence-corrected chi connectivity index (χ2v) is 6.65. The number of nitrogens with zero attached hydrogens (tertiary/aromatic N) is 2. The zero-order valence-corrected chi connectivity index (χ0v) is 15.3. The third-order valence-electron chi connectivity index (χ3n) is 4.20. The maximum absolute atomic E-state index is 12.3. The maximum Gasteiger partial charge on any atom is 0.290 e. The van der Waals surface area contributed by atoms with E-state index in [2.05, 4.69) is 26.2 Å². The number of rotatable bonds is 5. The van der Waals surface area contributed by atoms with E-state index >= 15 is 0 Å². The van der Waals surface area contributed by atoms with E-state index in [-0.39, 0.29) is 11.8 Å². The van der Waals surface area contributed by atoms with Crippen molar-refractivity contribution in [2.24, 2.45) is 0 Å². The molecule has 0 unspecified atom stereocenters. The fourth-order valence-electron chi connectivity index (χ4n) is 2.80. The molecule has 0 aliphatic carbocycles. The Hall–Kier alpha value is -2.19. The second-order valence-electron chi connectivity index (χ2n) is 5.87. The average Bonchev–Trinajstić information content (AvgIpc) is 3.09. The van der Waals surface area contributed by atoms with Crippen LogP contribution in [0.3, 0.4) is 0 Å². The monoisotopic (exact) mass is 407 g/mol. The van der Waals surface area contributed by atoms with Gasteiger partial charge in [0.1, 0.15) is 5.69 Å². The van der Waals surface area contributed by atoms with E-state index in [1.54, 1.807) is 41.4 Å². The van der Waals surface area contributed by atoms with Gasteiger partial charge >= 0.3 is 0 Å². The molecule has 7 nitrogen and oxygen atoms in total. The molecule has 2 aromatic rings. The normalized spacial score (nSPS) is 15.2. The highest BCUT2D eigenvalue weighted by Crippen LogP contribution is 2.15. The van der Waals surface area contributed by atoms with Crippen molar-refractivity contribution < 1.29 is 18.9 Å². The minimum Gasteiger partial charge on any atom is -0.444 e. The summed E-state index contributed by atoms with van der Waals surface area (Å²) in [6.45, 7) is 4.48. The second kappa shape index (κ2) is 8.26. The quantitative estimate of drug-likeness (QED) is 0.742. The lowest BCUT2D eigenvalue weighted by Gasteiger charge is -2.31. The molecule has 25 heavy (non-hydrogen) atoms. The van der Waals surface area contributed by atoms with E-state index in [0.29, 0.717) is 35.8 Å². The lowest BCUT2D eigenvalue weighted by atomic mass is 10.3. The maximum atomic E-state index is 12.3. The van der Waals surface area contributed by atoms with Crippen molar-refractivity contribution in [3.05, 3.63) is 52.7 Å². The number of halogens is 1. The first kappa shape index (κ1) is 17.6. The van der Waals surface area contributed by atoms with Crippen LogP contribution in [-0.4, -0.2) is 61.0 Å². The molecule has 1 aliphatic rings. The van der Waals surface area contributed by atoms with Crippen molar-refractivity contribution in [1.29, 1.82) is 0 Å². The number of quaternary nitrogens is 1. The molecule has 0 spiro atoms. The molecule has 8 heteroatoms. The van der Waals surface area contributed by atoms with Gasteiger partial charge in [-0.3, -0.25) is 14.6 Å². The highest BCUT2D eigenvalue weighted by atomic mass is 79.9. The van der Waals surface area contributed by atoms with E-state index in [1.807, 2.05) is 0 Å². The van der Waals surface area contributed by atoms with E-state index in [4.69, 9.17) is 4.42 Å². The Morgan fingerprint density at radius 3 is 2.68 bits per heavy atom. The molecular weight excluding hydrogens is 388 g/mol. The van der Waals surface area contributed by atoms with Crippen molar-refractivity contribution >= 4 is 27.7 Å². The Balaban J connectivity index is 1.39. The summed E-state index contributed by atoms with van der Waals surface area (Å²) in [5.74, 6) is 0.128. The van der Waals surface area contributed by atoms with Crippen LogP contribution < -0.4 is 10.2 Å². The van der Waals surface area contributed by atoms with Gasteiger partial charge in [0.15, 0.2) is 10.4 Å². The van der Waals surface area contributed by atoms with Gasteiger partial charge in [-0.05, 0) is 40.2 Å². The summed E-state index contributed by atoms with van der Waals surface area (Å²) in [4.78, 5) is 31.5. The van der Waals surface area contributed by atoms with Crippen LogP contribution in [0.25, 0.3) is 0 Å². The van der Waals surface area contributed by atoms with E-state index in [0.717, 1.165) is 19.6 Å². The zero-order valence-electron chi connectivity index (χ0n) is 13.7. The number of carbonyl (C=O) groups excluding carboxylic acids is 2. The lowest BCUT2D eigenvalue weighted by Crippen LogP contribution is -3.15. The SMILES string of the molecule is O=C(NCC[NH+]1CCN(C(=O)c2ccc(Br)o2)CC1)c1ccccn1. The van der Waals surface area contributed by atoms with Crippen LogP contribution in [0.2, 0.25) is 0 Å². The van der Waals surface area contributed by atoms with Gasteiger partial charge in [0, 0.05) is 6.20 Å². The molecule has 1 saturated heterocycles. The number of piperazine rings is 1. The molecular formula is C17H20BrN4O3+. The summed E-state index contributed by atoms with van der Waals surface area (Å²) < 4.78 is 5.88. The van der Waals surface area contributed by atoms with Crippen LogP contribution in [0.5, 0.6) is 0 Å². The summed E-state index contributed by atoms with van der Waals surface area (Å²) in [6.07, 6.45) is 1.61. The Morgan fingerprint density at radius 1 is 1.24 bits per heavy atom. The number of hydrogen-bond donors (Lipinski definition) is 2. The number of amides is 2. The summed E-state index contributed by atoms with van der Waals surface area (Å²) in [7, 11) is 0. The van der Waals surface area contributed by atoms with Crippen LogP contribution in [0.1, 0.15) is 21.0 Å². The van der Waals surface area contributed by atoms with Crippen molar-refractivity contribution in [2.45, 2.75) is 0 Å². The lowest BCUT2D eigenvalue weighted by molar-refractivity contribution is -0.902. The van der Waals surface area contributed by atoms with Gasteiger partial charge in [-0.25, -0.2) is 0 Å². The Labute approximate surface area is 154 Å². The van der Waals surface area contributed by atoms with Gasteiger partial charge in [-0.15, -0.1) is 0 Å². The first-order valence-electron chi connectivity index (χ1n) is 8.21. The fraction of sp³-hybridized carbons (Fsp3) is 0.353.